The van der Waals surface area contributed by atoms with Crippen molar-refractivity contribution in [2.24, 2.45) is 0 Å². The molecule has 0 aliphatic heterocycles. The number of nitrogens with one attached hydrogen (secondary N) is 1. The summed E-state index contributed by atoms with van der Waals surface area (Å²) >= 11 is 0. The molecule has 7 nitrogen and oxygen atoms in total. The number of ether oxygens (including phenoxy) is 1. The molecule has 0 aromatic heterocycles. The number of anilines is 1. The first kappa shape index (κ1) is 20.0. The van der Waals surface area contributed by atoms with Crippen LogP contribution in [0.25, 0.3) is 0 Å². The van der Waals surface area contributed by atoms with Crippen molar-refractivity contribution >= 4 is 27.4 Å². The Bertz CT molecular complexity index is 999. The van der Waals surface area contributed by atoms with Crippen molar-refractivity contribution in [3.63, 3.8) is 0 Å². The van der Waals surface area contributed by atoms with Crippen LogP contribution >= 0.6 is 0 Å². The zero-order valence-electron chi connectivity index (χ0n) is 13.6. The van der Waals surface area contributed by atoms with E-state index >= 15 is 0 Å². The minimum Gasteiger partial charge on any atom is -0.452 e. The highest BCUT2D eigenvalue weighted by Crippen LogP contribution is 2.19. The number of halogens is 2. The fourth-order valence-electron chi connectivity index (χ4n) is 1.97. The number of hydrogen-bond donors (Lipinski definition) is 1. The van der Waals surface area contributed by atoms with Crippen LogP contribution in [0.3, 0.4) is 0 Å². The van der Waals surface area contributed by atoms with Crippen LogP contribution in [0.4, 0.5) is 14.5 Å². The number of hydrogen-bond acceptors (Lipinski definition) is 6. The van der Waals surface area contributed by atoms with Crippen LogP contribution in [0.15, 0.2) is 53.4 Å². The van der Waals surface area contributed by atoms with Crippen LogP contribution in [0.2, 0.25) is 0 Å². The molecule has 0 saturated carbocycles. The van der Waals surface area contributed by atoms with E-state index in [1.807, 2.05) is 6.07 Å². The minimum atomic E-state index is -4.76. The van der Waals surface area contributed by atoms with Crippen molar-refractivity contribution in [2.45, 2.75) is 10.7 Å². The molecule has 2 aromatic carbocycles. The van der Waals surface area contributed by atoms with Gasteiger partial charge in [-0.2, -0.15) is 14.0 Å². The highest BCUT2D eigenvalue weighted by atomic mass is 32.2. The molecule has 140 valence electrons. The molecule has 0 saturated heterocycles. The summed E-state index contributed by atoms with van der Waals surface area (Å²) < 4.78 is 52.3. The number of amides is 1. The molecule has 0 fully saturated rings. The van der Waals surface area contributed by atoms with Crippen LogP contribution in [0.5, 0.6) is 0 Å². The van der Waals surface area contributed by atoms with Gasteiger partial charge < -0.3 is 10.1 Å². The van der Waals surface area contributed by atoms with E-state index in [0.29, 0.717) is 0 Å². The minimum absolute atomic E-state index is 0.117. The van der Waals surface area contributed by atoms with E-state index in [1.54, 1.807) is 12.1 Å². The normalized spacial score (nSPS) is 10.9. The van der Waals surface area contributed by atoms with Crippen LogP contribution in [-0.4, -0.2) is 32.7 Å². The maximum atomic E-state index is 12.5. The molecule has 10 heteroatoms. The van der Waals surface area contributed by atoms with Gasteiger partial charge in [-0.05, 0) is 36.4 Å². The van der Waals surface area contributed by atoms with Crippen molar-refractivity contribution in [1.29, 1.82) is 5.26 Å². The van der Waals surface area contributed by atoms with E-state index in [0.717, 1.165) is 24.3 Å². The molecule has 0 unspecified atom stereocenters. The highest BCUT2D eigenvalue weighted by Gasteiger charge is 2.26. The second kappa shape index (κ2) is 8.37. The Morgan fingerprint density at radius 2 is 1.74 bits per heavy atom. The first-order valence-corrected chi connectivity index (χ1v) is 8.88. The second-order valence-corrected chi connectivity index (χ2v) is 7.03. The SMILES string of the molecule is N#Cc1ccccc1NC(=O)COC(=O)c1ccc(S(=O)(=O)C(F)F)cc1. The molecular formula is C17H12F2N2O5S. The van der Waals surface area contributed by atoms with Gasteiger partial charge in [0.2, 0.25) is 9.84 Å². The summed E-state index contributed by atoms with van der Waals surface area (Å²) in [5, 5.41) is 11.3. The molecule has 0 atom stereocenters. The van der Waals surface area contributed by atoms with Gasteiger partial charge in [-0.25, -0.2) is 13.2 Å². The van der Waals surface area contributed by atoms with Crippen molar-refractivity contribution < 1.29 is 31.5 Å². The van der Waals surface area contributed by atoms with Gasteiger partial charge >= 0.3 is 11.7 Å². The number of nitriles is 1. The quantitative estimate of drug-likeness (QED) is 0.753. The Labute approximate surface area is 153 Å². The Morgan fingerprint density at radius 3 is 2.33 bits per heavy atom. The number of sulfone groups is 1. The van der Waals surface area contributed by atoms with Crippen molar-refractivity contribution in [2.75, 3.05) is 11.9 Å². The van der Waals surface area contributed by atoms with Crippen LogP contribution in [-0.2, 0) is 19.4 Å². The first-order chi connectivity index (χ1) is 12.8. The average Bonchev–Trinajstić information content (AvgIpc) is 2.66. The van der Waals surface area contributed by atoms with E-state index in [1.165, 1.54) is 12.1 Å². The van der Waals surface area contributed by atoms with Crippen molar-refractivity contribution in [1.82, 2.24) is 0 Å². The Morgan fingerprint density at radius 1 is 1.11 bits per heavy atom. The molecule has 27 heavy (non-hydrogen) atoms. The van der Waals surface area contributed by atoms with Crippen molar-refractivity contribution in [3.8, 4) is 6.07 Å². The number of benzene rings is 2. The third-order valence-electron chi connectivity index (χ3n) is 3.31. The smallest absolute Gasteiger partial charge is 0.341 e. The topological polar surface area (TPSA) is 113 Å². The molecule has 0 heterocycles. The number of para-hydroxylation sites is 1. The van der Waals surface area contributed by atoms with E-state index in [-0.39, 0.29) is 16.8 Å². The lowest BCUT2D eigenvalue weighted by Gasteiger charge is -2.08. The van der Waals surface area contributed by atoms with Crippen LogP contribution < -0.4 is 5.32 Å². The molecule has 0 aliphatic carbocycles. The first-order valence-electron chi connectivity index (χ1n) is 7.34. The Balaban J connectivity index is 1.98. The summed E-state index contributed by atoms with van der Waals surface area (Å²) in [6, 6.07) is 11.8. The molecule has 1 amide bonds. The van der Waals surface area contributed by atoms with E-state index in [9.17, 15) is 26.8 Å². The molecule has 0 radical (unpaired) electrons. The van der Waals surface area contributed by atoms with E-state index < -0.39 is 39.0 Å². The van der Waals surface area contributed by atoms with Gasteiger partial charge in [0.1, 0.15) is 6.07 Å². The van der Waals surface area contributed by atoms with Crippen molar-refractivity contribution in [3.05, 3.63) is 59.7 Å². The molecule has 1 N–H and O–H groups in total. The number of esters is 1. The van der Waals surface area contributed by atoms with E-state index in [2.05, 4.69) is 5.32 Å². The maximum Gasteiger partial charge on any atom is 0.341 e. The lowest BCUT2D eigenvalue weighted by Crippen LogP contribution is -2.21. The summed E-state index contributed by atoms with van der Waals surface area (Å²) in [4.78, 5) is 23.0. The highest BCUT2D eigenvalue weighted by molar-refractivity contribution is 7.91. The monoisotopic (exact) mass is 394 g/mol. The van der Waals surface area contributed by atoms with E-state index in [4.69, 9.17) is 10.00 Å². The zero-order chi connectivity index (χ0) is 20.0. The number of rotatable bonds is 6. The number of carbonyl (C=O) groups excluding carboxylic acids is 2. The lowest BCUT2D eigenvalue weighted by molar-refractivity contribution is -0.119. The fourth-order valence-corrected chi connectivity index (χ4v) is 2.70. The number of nitrogens with zero attached hydrogens (tertiary/aromatic N) is 1. The molecule has 0 aliphatic rings. The maximum absolute atomic E-state index is 12.5. The molecule has 2 rings (SSSR count). The summed E-state index contributed by atoms with van der Waals surface area (Å²) in [5.41, 5.74) is 0.365. The number of carbonyl (C=O) groups is 2. The zero-order valence-corrected chi connectivity index (χ0v) is 14.4. The predicted molar refractivity (Wildman–Crippen MR) is 89.7 cm³/mol. The summed E-state index contributed by atoms with van der Waals surface area (Å²) in [6.07, 6.45) is 0. The number of alkyl halides is 2. The average molecular weight is 394 g/mol. The second-order valence-electron chi connectivity index (χ2n) is 5.11. The largest absolute Gasteiger partial charge is 0.452 e. The molecular weight excluding hydrogens is 382 g/mol. The third kappa shape index (κ3) is 4.86. The predicted octanol–water partition coefficient (Wildman–Crippen LogP) is 2.35. The summed E-state index contributed by atoms with van der Waals surface area (Å²) in [6.45, 7) is -0.657. The molecule has 0 bridgehead atoms. The van der Waals surface area contributed by atoms with Crippen LogP contribution in [0.1, 0.15) is 15.9 Å². The van der Waals surface area contributed by atoms with Gasteiger partial charge in [0.05, 0.1) is 21.7 Å². The van der Waals surface area contributed by atoms with Gasteiger partial charge in [0.15, 0.2) is 6.61 Å². The van der Waals surface area contributed by atoms with Gasteiger partial charge in [-0.1, -0.05) is 12.1 Å². The van der Waals surface area contributed by atoms with Gasteiger partial charge in [-0.3, -0.25) is 4.79 Å². The third-order valence-corrected chi connectivity index (χ3v) is 4.71. The van der Waals surface area contributed by atoms with Crippen LogP contribution in [0, 0.1) is 11.3 Å². The Kier molecular flexibility index (Phi) is 6.20. The lowest BCUT2D eigenvalue weighted by atomic mass is 10.2. The molecule has 0 spiro atoms. The standard InChI is InChI=1S/C17H12F2N2O5S/c18-17(19)27(24,25)13-7-5-11(6-8-13)16(23)26-10-15(22)21-14-4-2-1-3-12(14)9-20/h1-8,17H,10H2,(H,21,22). The fraction of sp³-hybridized carbons (Fsp3) is 0.118. The van der Waals surface area contributed by atoms with Gasteiger partial charge in [0.25, 0.3) is 5.91 Å². The Hall–Kier alpha value is -3.32. The summed E-state index contributed by atoms with van der Waals surface area (Å²) in [7, 11) is -4.76. The van der Waals surface area contributed by atoms with Gasteiger partial charge in [-0.15, -0.1) is 0 Å². The summed E-state index contributed by atoms with van der Waals surface area (Å²) in [5.74, 6) is -5.21. The van der Waals surface area contributed by atoms with Gasteiger partial charge in [0, 0.05) is 0 Å². The molecule has 2 aromatic rings.